The molecule has 0 aliphatic heterocycles. The average Bonchev–Trinajstić information content (AvgIpc) is 2.67. The summed E-state index contributed by atoms with van der Waals surface area (Å²) in [6.45, 7) is 4.65. The van der Waals surface area contributed by atoms with Gasteiger partial charge in [0.25, 0.3) is 5.91 Å². The van der Waals surface area contributed by atoms with Crippen LogP contribution in [-0.2, 0) is 11.2 Å². The molecule has 0 aliphatic carbocycles. The first-order valence-electron chi connectivity index (χ1n) is 9.04. The number of carbonyl (C=O) groups excluding carboxylic acids is 2. The summed E-state index contributed by atoms with van der Waals surface area (Å²) in [5.74, 6) is -0.0155. The molecule has 138 valence electrons. The van der Waals surface area contributed by atoms with E-state index in [-0.39, 0.29) is 18.2 Å². The Labute approximate surface area is 158 Å². The van der Waals surface area contributed by atoms with Gasteiger partial charge in [0.15, 0.2) is 0 Å². The van der Waals surface area contributed by atoms with Crippen LogP contribution in [0.25, 0.3) is 10.9 Å². The zero-order valence-electron chi connectivity index (χ0n) is 15.5. The SMILES string of the molecule is CC(C)CNC(=O)c1ccccc1NC(=O)Cc1cccc2cccnc12. The number of rotatable bonds is 6. The van der Waals surface area contributed by atoms with Crippen LogP contribution in [0, 0.1) is 5.92 Å². The van der Waals surface area contributed by atoms with E-state index in [1.54, 1.807) is 30.5 Å². The Kier molecular flexibility index (Phi) is 5.81. The molecule has 0 aliphatic rings. The predicted octanol–water partition coefficient (Wildman–Crippen LogP) is 3.80. The Balaban J connectivity index is 1.75. The van der Waals surface area contributed by atoms with E-state index in [4.69, 9.17) is 0 Å². The van der Waals surface area contributed by atoms with Crippen LogP contribution in [0.3, 0.4) is 0 Å². The summed E-state index contributed by atoms with van der Waals surface area (Å²) < 4.78 is 0. The molecule has 3 rings (SSSR count). The lowest BCUT2D eigenvalue weighted by atomic mass is 10.1. The summed E-state index contributed by atoms with van der Waals surface area (Å²) in [5, 5.41) is 6.75. The molecule has 0 spiro atoms. The number of aromatic nitrogens is 1. The Hall–Kier alpha value is -3.21. The molecule has 2 aromatic carbocycles. The fourth-order valence-electron chi connectivity index (χ4n) is 2.86. The quantitative estimate of drug-likeness (QED) is 0.701. The van der Waals surface area contributed by atoms with E-state index in [1.807, 2.05) is 44.2 Å². The molecule has 27 heavy (non-hydrogen) atoms. The van der Waals surface area contributed by atoms with Crippen molar-refractivity contribution in [1.82, 2.24) is 10.3 Å². The number of fused-ring (bicyclic) bond motifs is 1. The molecule has 0 saturated heterocycles. The average molecular weight is 361 g/mol. The number of para-hydroxylation sites is 2. The highest BCUT2D eigenvalue weighted by atomic mass is 16.2. The maximum Gasteiger partial charge on any atom is 0.253 e. The molecule has 5 heteroatoms. The van der Waals surface area contributed by atoms with Gasteiger partial charge in [0.2, 0.25) is 5.91 Å². The van der Waals surface area contributed by atoms with Gasteiger partial charge >= 0.3 is 0 Å². The molecule has 1 aromatic heterocycles. The number of anilines is 1. The van der Waals surface area contributed by atoms with Crippen molar-refractivity contribution in [3.63, 3.8) is 0 Å². The van der Waals surface area contributed by atoms with Crippen LogP contribution in [0.15, 0.2) is 60.8 Å². The van der Waals surface area contributed by atoms with Crippen LogP contribution < -0.4 is 10.6 Å². The number of benzene rings is 2. The number of nitrogens with zero attached hydrogens (tertiary/aromatic N) is 1. The van der Waals surface area contributed by atoms with Crippen LogP contribution in [0.1, 0.15) is 29.8 Å². The Morgan fingerprint density at radius 1 is 1.00 bits per heavy atom. The van der Waals surface area contributed by atoms with Crippen molar-refractivity contribution in [2.24, 2.45) is 5.92 Å². The summed E-state index contributed by atoms with van der Waals surface area (Å²) in [6.07, 6.45) is 1.91. The molecule has 3 aromatic rings. The van der Waals surface area contributed by atoms with E-state index in [9.17, 15) is 9.59 Å². The first kappa shape index (κ1) is 18.6. The third kappa shape index (κ3) is 4.70. The summed E-state index contributed by atoms with van der Waals surface area (Å²) in [6, 6.07) is 16.7. The lowest BCUT2D eigenvalue weighted by molar-refractivity contribution is -0.115. The highest BCUT2D eigenvalue weighted by Crippen LogP contribution is 2.19. The fourth-order valence-corrected chi connectivity index (χ4v) is 2.86. The van der Waals surface area contributed by atoms with Crippen molar-refractivity contribution < 1.29 is 9.59 Å². The molecule has 2 N–H and O–H groups in total. The fraction of sp³-hybridized carbons (Fsp3) is 0.227. The van der Waals surface area contributed by atoms with Crippen molar-refractivity contribution >= 4 is 28.4 Å². The van der Waals surface area contributed by atoms with Crippen LogP contribution in [-0.4, -0.2) is 23.3 Å². The van der Waals surface area contributed by atoms with Gasteiger partial charge in [-0.1, -0.05) is 50.2 Å². The van der Waals surface area contributed by atoms with E-state index in [1.165, 1.54) is 0 Å². The van der Waals surface area contributed by atoms with E-state index >= 15 is 0 Å². The van der Waals surface area contributed by atoms with Crippen LogP contribution in [0.2, 0.25) is 0 Å². The van der Waals surface area contributed by atoms with Gasteiger partial charge in [-0.05, 0) is 29.7 Å². The standard InChI is InChI=1S/C22H23N3O2/c1-15(2)14-24-22(27)18-10-3-4-11-19(18)25-20(26)13-17-8-5-7-16-9-6-12-23-21(16)17/h3-12,15H,13-14H2,1-2H3,(H,24,27)(H,25,26). The van der Waals surface area contributed by atoms with Gasteiger partial charge in [-0.3, -0.25) is 14.6 Å². The van der Waals surface area contributed by atoms with Crippen molar-refractivity contribution in [1.29, 1.82) is 0 Å². The number of hydrogen-bond donors (Lipinski definition) is 2. The van der Waals surface area contributed by atoms with Gasteiger partial charge in [-0.25, -0.2) is 0 Å². The second kappa shape index (κ2) is 8.45. The summed E-state index contributed by atoms with van der Waals surface area (Å²) in [5.41, 5.74) is 2.64. The maximum atomic E-state index is 12.6. The van der Waals surface area contributed by atoms with Gasteiger partial charge in [0.1, 0.15) is 0 Å². The molecular formula is C22H23N3O2. The number of amides is 2. The smallest absolute Gasteiger partial charge is 0.253 e. The summed E-state index contributed by atoms with van der Waals surface area (Å²) in [7, 11) is 0. The number of pyridine rings is 1. The monoisotopic (exact) mass is 361 g/mol. The van der Waals surface area contributed by atoms with E-state index in [2.05, 4.69) is 15.6 Å². The minimum absolute atomic E-state index is 0.183. The zero-order chi connectivity index (χ0) is 19.2. The lowest BCUT2D eigenvalue weighted by Crippen LogP contribution is -2.28. The van der Waals surface area contributed by atoms with Crippen LogP contribution >= 0.6 is 0 Å². The number of carbonyl (C=O) groups is 2. The molecule has 0 unspecified atom stereocenters. The molecule has 5 nitrogen and oxygen atoms in total. The zero-order valence-corrected chi connectivity index (χ0v) is 15.5. The predicted molar refractivity (Wildman–Crippen MR) is 108 cm³/mol. The minimum atomic E-state index is -0.188. The minimum Gasteiger partial charge on any atom is -0.352 e. The van der Waals surface area contributed by atoms with Crippen LogP contribution in [0.4, 0.5) is 5.69 Å². The van der Waals surface area contributed by atoms with Gasteiger partial charge < -0.3 is 10.6 Å². The highest BCUT2D eigenvalue weighted by molar-refractivity contribution is 6.04. The third-order valence-corrected chi connectivity index (χ3v) is 4.18. The molecule has 0 fully saturated rings. The first-order chi connectivity index (χ1) is 13.0. The maximum absolute atomic E-state index is 12.6. The van der Waals surface area contributed by atoms with Crippen molar-refractivity contribution in [2.75, 3.05) is 11.9 Å². The van der Waals surface area contributed by atoms with Gasteiger partial charge in [0.05, 0.1) is 23.2 Å². The molecule has 0 radical (unpaired) electrons. The van der Waals surface area contributed by atoms with E-state index < -0.39 is 0 Å². The highest BCUT2D eigenvalue weighted by Gasteiger charge is 2.14. The summed E-state index contributed by atoms with van der Waals surface area (Å²) in [4.78, 5) is 29.4. The lowest BCUT2D eigenvalue weighted by Gasteiger charge is -2.13. The first-order valence-corrected chi connectivity index (χ1v) is 9.04. The normalized spacial score (nSPS) is 10.8. The molecule has 0 atom stereocenters. The van der Waals surface area contributed by atoms with Crippen molar-refractivity contribution in [3.8, 4) is 0 Å². The largest absolute Gasteiger partial charge is 0.352 e. The summed E-state index contributed by atoms with van der Waals surface area (Å²) >= 11 is 0. The topological polar surface area (TPSA) is 71.1 Å². The van der Waals surface area contributed by atoms with Crippen molar-refractivity contribution in [2.45, 2.75) is 20.3 Å². The Bertz CT molecular complexity index is 961. The van der Waals surface area contributed by atoms with Crippen LogP contribution in [0.5, 0.6) is 0 Å². The van der Waals surface area contributed by atoms with Gasteiger partial charge in [0, 0.05) is 18.1 Å². The third-order valence-electron chi connectivity index (χ3n) is 4.18. The second-order valence-electron chi connectivity index (χ2n) is 6.87. The molecule has 2 amide bonds. The second-order valence-corrected chi connectivity index (χ2v) is 6.87. The molecule has 1 heterocycles. The molecule has 0 bridgehead atoms. The number of hydrogen-bond acceptors (Lipinski definition) is 3. The van der Waals surface area contributed by atoms with E-state index in [0.29, 0.717) is 23.7 Å². The molecular weight excluding hydrogens is 338 g/mol. The van der Waals surface area contributed by atoms with E-state index in [0.717, 1.165) is 16.5 Å². The molecule has 0 saturated carbocycles. The van der Waals surface area contributed by atoms with Gasteiger partial charge in [-0.15, -0.1) is 0 Å². The van der Waals surface area contributed by atoms with Crippen molar-refractivity contribution in [3.05, 3.63) is 71.9 Å². The number of nitrogens with one attached hydrogen (secondary N) is 2. The van der Waals surface area contributed by atoms with Gasteiger partial charge in [-0.2, -0.15) is 0 Å². The Morgan fingerprint density at radius 2 is 1.78 bits per heavy atom. The Morgan fingerprint density at radius 3 is 2.59 bits per heavy atom.